The summed E-state index contributed by atoms with van der Waals surface area (Å²) in [5, 5.41) is 3.37. The number of piperazine rings is 1. The molecule has 2 saturated heterocycles. The average Bonchev–Trinajstić information content (AvgIpc) is 2.56. The first-order chi connectivity index (χ1) is 10.3. The fourth-order valence-corrected chi connectivity index (χ4v) is 3.99. The molecule has 2 aliphatic heterocycles. The Morgan fingerprint density at radius 1 is 1.29 bits per heavy atom. The topological polar surface area (TPSA) is 35.6 Å². The van der Waals surface area contributed by atoms with E-state index in [1.54, 1.807) is 0 Å². The second-order valence-electron chi connectivity index (χ2n) is 5.80. The lowest BCUT2D eigenvalue weighted by atomic mass is 10.0. The Morgan fingerprint density at radius 2 is 2.10 bits per heavy atom. The van der Waals surface area contributed by atoms with Gasteiger partial charge in [0, 0.05) is 37.7 Å². The van der Waals surface area contributed by atoms with Gasteiger partial charge in [-0.2, -0.15) is 11.8 Å². The minimum absolute atomic E-state index is 0.0154. The van der Waals surface area contributed by atoms with Crippen molar-refractivity contribution in [3.8, 4) is 0 Å². The van der Waals surface area contributed by atoms with Crippen molar-refractivity contribution >= 4 is 17.7 Å². The highest BCUT2D eigenvalue weighted by Gasteiger charge is 2.34. The van der Waals surface area contributed by atoms with E-state index in [1.807, 2.05) is 17.8 Å². The van der Waals surface area contributed by atoms with Gasteiger partial charge < -0.3 is 15.1 Å². The molecule has 0 radical (unpaired) electrons. The number of likely N-dealkylation sites (N-methyl/N-ethyl adjacent to an activating group) is 1. The number of hydrogen-bond donors (Lipinski definition) is 1. The van der Waals surface area contributed by atoms with Gasteiger partial charge in [-0.1, -0.05) is 30.3 Å². The second-order valence-corrected chi connectivity index (χ2v) is 6.95. The third-order valence-corrected chi connectivity index (χ3v) is 5.33. The van der Waals surface area contributed by atoms with Crippen LogP contribution >= 0.6 is 11.8 Å². The number of thioether (sulfide) groups is 1. The molecule has 1 amide bonds. The van der Waals surface area contributed by atoms with Gasteiger partial charge in [0.25, 0.3) is 0 Å². The maximum Gasteiger partial charge on any atom is 0.241 e. The van der Waals surface area contributed by atoms with Gasteiger partial charge in [0.1, 0.15) is 0 Å². The molecule has 2 atom stereocenters. The minimum Gasteiger partial charge on any atom is -0.332 e. The van der Waals surface area contributed by atoms with Crippen molar-refractivity contribution in [2.75, 3.05) is 44.7 Å². The molecule has 1 N–H and O–H groups in total. The molecule has 3 rings (SSSR count). The first-order valence-corrected chi connectivity index (χ1v) is 8.76. The lowest BCUT2D eigenvalue weighted by molar-refractivity contribution is -0.137. The first kappa shape index (κ1) is 14.9. The molecule has 0 saturated carbocycles. The van der Waals surface area contributed by atoms with Crippen molar-refractivity contribution in [1.82, 2.24) is 15.1 Å². The van der Waals surface area contributed by atoms with Crippen molar-refractivity contribution in [2.45, 2.75) is 12.1 Å². The van der Waals surface area contributed by atoms with Crippen LogP contribution in [-0.4, -0.2) is 66.5 Å². The van der Waals surface area contributed by atoms with Crippen LogP contribution in [0.1, 0.15) is 11.6 Å². The summed E-state index contributed by atoms with van der Waals surface area (Å²) in [7, 11) is 2.13. The smallest absolute Gasteiger partial charge is 0.241 e. The van der Waals surface area contributed by atoms with E-state index in [4.69, 9.17) is 0 Å². The predicted molar refractivity (Wildman–Crippen MR) is 87.5 cm³/mol. The van der Waals surface area contributed by atoms with Gasteiger partial charge >= 0.3 is 0 Å². The van der Waals surface area contributed by atoms with Crippen molar-refractivity contribution in [3.63, 3.8) is 0 Å². The number of carbonyl (C=O) groups is 1. The van der Waals surface area contributed by atoms with Gasteiger partial charge in [0.15, 0.2) is 0 Å². The predicted octanol–water partition coefficient (Wildman–Crippen LogP) is 1.21. The molecule has 0 aromatic heterocycles. The van der Waals surface area contributed by atoms with Crippen LogP contribution in [0.15, 0.2) is 30.3 Å². The highest BCUT2D eigenvalue weighted by molar-refractivity contribution is 7.99. The van der Waals surface area contributed by atoms with E-state index < -0.39 is 0 Å². The van der Waals surface area contributed by atoms with Crippen LogP contribution in [0.4, 0.5) is 0 Å². The Kier molecular flexibility index (Phi) is 4.83. The van der Waals surface area contributed by atoms with Crippen LogP contribution in [-0.2, 0) is 4.79 Å². The van der Waals surface area contributed by atoms with E-state index in [0.29, 0.717) is 0 Å². The summed E-state index contributed by atoms with van der Waals surface area (Å²) >= 11 is 1.87. The SMILES string of the molecule is CN1CCN(C(=O)C2CSCCN2)C(c2ccccc2)C1. The fraction of sp³-hybridized carbons (Fsp3) is 0.562. The number of nitrogens with zero attached hydrogens (tertiary/aromatic N) is 2. The van der Waals surface area contributed by atoms with E-state index in [2.05, 4.69) is 46.4 Å². The zero-order valence-electron chi connectivity index (χ0n) is 12.5. The molecular weight excluding hydrogens is 282 g/mol. The highest BCUT2D eigenvalue weighted by atomic mass is 32.2. The van der Waals surface area contributed by atoms with Crippen LogP contribution in [0, 0.1) is 0 Å². The van der Waals surface area contributed by atoms with Crippen molar-refractivity contribution in [3.05, 3.63) is 35.9 Å². The molecule has 2 fully saturated rings. The molecule has 0 spiro atoms. The van der Waals surface area contributed by atoms with Crippen molar-refractivity contribution < 1.29 is 4.79 Å². The van der Waals surface area contributed by atoms with Crippen LogP contribution in [0.25, 0.3) is 0 Å². The fourth-order valence-electron chi connectivity index (χ4n) is 3.07. The Bertz CT molecular complexity index is 476. The summed E-state index contributed by atoms with van der Waals surface area (Å²) in [6.07, 6.45) is 0. The number of rotatable bonds is 2. The molecule has 1 aromatic carbocycles. The Labute approximate surface area is 130 Å². The van der Waals surface area contributed by atoms with E-state index >= 15 is 0 Å². The summed E-state index contributed by atoms with van der Waals surface area (Å²) < 4.78 is 0. The van der Waals surface area contributed by atoms with E-state index in [9.17, 15) is 4.79 Å². The third-order valence-electron chi connectivity index (χ3n) is 4.27. The summed E-state index contributed by atoms with van der Waals surface area (Å²) in [6.45, 7) is 3.62. The normalized spacial score (nSPS) is 27.6. The summed E-state index contributed by atoms with van der Waals surface area (Å²) in [5.74, 6) is 2.27. The summed E-state index contributed by atoms with van der Waals surface area (Å²) in [6, 6.07) is 10.6. The molecule has 2 unspecified atom stereocenters. The molecule has 2 heterocycles. The number of carbonyl (C=O) groups excluding carboxylic acids is 1. The molecule has 2 aliphatic rings. The number of hydrogen-bond acceptors (Lipinski definition) is 4. The monoisotopic (exact) mass is 305 g/mol. The van der Waals surface area contributed by atoms with Gasteiger partial charge in [0.2, 0.25) is 5.91 Å². The van der Waals surface area contributed by atoms with Crippen LogP contribution < -0.4 is 5.32 Å². The highest BCUT2D eigenvalue weighted by Crippen LogP contribution is 2.26. The lowest BCUT2D eigenvalue weighted by Gasteiger charge is -2.42. The van der Waals surface area contributed by atoms with Crippen molar-refractivity contribution in [1.29, 1.82) is 0 Å². The van der Waals surface area contributed by atoms with Crippen LogP contribution in [0.3, 0.4) is 0 Å². The maximum absolute atomic E-state index is 12.9. The molecule has 114 valence electrons. The van der Waals surface area contributed by atoms with Crippen LogP contribution in [0.5, 0.6) is 0 Å². The maximum atomic E-state index is 12.9. The first-order valence-electron chi connectivity index (χ1n) is 7.61. The summed E-state index contributed by atoms with van der Waals surface area (Å²) in [5.41, 5.74) is 1.24. The zero-order chi connectivity index (χ0) is 14.7. The second kappa shape index (κ2) is 6.81. The molecular formula is C16H23N3OS. The van der Waals surface area contributed by atoms with Gasteiger partial charge in [-0.25, -0.2) is 0 Å². The van der Waals surface area contributed by atoms with Crippen molar-refractivity contribution in [2.24, 2.45) is 0 Å². The molecule has 5 heteroatoms. The molecule has 0 aliphatic carbocycles. The Hall–Kier alpha value is -1.04. The molecule has 4 nitrogen and oxygen atoms in total. The summed E-state index contributed by atoms with van der Waals surface area (Å²) in [4.78, 5) is 17.3. The molecule has 21 heavy (non-hydrogen) atoms. The van der Waals surface area contributed by atoms with Gasteiger partial charge in [-0.15, -0.1) is 0 Å². The number of nitrogens with one attached hydrogen (secondary N) is 1. The molecule has 1 aromatic rings. The number of amides is 1. The molecule has 0 bridgehead atoms. The standard InChI is InChI=1S/C16H23N3OS/c1-18-8-9-19(16(20)14-12-21-10-7-17-14)15(11-18)13-5-3-2-4-6-13/h2-6,14-15,17H,7-12H2,1H3. The van der Waals surface area contributed by atoms with E-state index in [1.165, 1.54) is 5.56 Å². The lowest BCUT2D eigenvalue weighted by Crippen LogP contribution is -2.56. The average molecular weight is 305 g/mol. The van der Waals surface area contributed by atoms with E-state index in [0.717, 1.165) is 37.7 Å². The third kappa shape index (κ3) is 3.42. The minimum atomic E-state index is -0.0154. The van der Waals surface area contributed by atoms with Gasteiger partial charge in [-0.05, 0) is 12.6 Å². The zero-order valence-corrected chi connectivity index (χ0v) is 13.3. The quantitative estimate of drug-likeness (QED) is 0.891. The Morgan fingerprint density at radius 3 is 2.81 bits per heavy atom. The van der Waals surface area contributed by atoms with Gasteiger partial charge in [-0.3, -0.25) is 4.79 Å². The number of benzene rings is 1. The largest absolute Gasteiger partial charge is 0.332 e. The van der Waals surface area contributed by atoms with Gasteiger partial charge in [0.05, 0.1) is 12.1 Å². The Balaban J connectivity index is 1.79. The van der Waals surface area contributed by atoms with Crippen LogP contribution in [0.2, 0.25) is 0 Å². The van der Waals surface area contributed by atoms with E-state index in [-0.39, 0.29) is 18.0 Å².